The van der Waals surface area contributed by atoms with Gasteiger partial charge < -0.3 is 24.5 Å². The van der Waals surface area contributed by atoms with Gasteiger partial charge in [0.25, 0.3) is 5.91 Å². The summed E-state index contributed by atoms with van der Waals surface area (Å²) in [6, 6.07) is 11.1. The van der Waals surface area contributed by atoms with E-state index in [-0.39, 0.29) is 12.5 Å². The molecule has 2 aromatic heterocycles. The van der Waals surface area contributed by atoms with Gasteiger partial charge in [-0.05, 0) is 57.3 Å². The number of carbonyl (C=O) groups is 1. The molecule has 1 amide bonds. The summed E-state index contributed by atoms with van der Waals surface area (Å²) in [5, 5.41) is 12.4. The largest absolute Gasteiger partial charge is 0.492 e. The summed E-state index contributed by atoms with van der Waals surface area (Å²) in [5.41, 5.74) is 1.42. The number of amides is 1. The molecule has 1 N–H and O–H groups in total. The minimum absolute atomic E-state index is 0.137. The van der Waals surface area contributed by atoms with Crippen LogP contribution in [0.2, 0.25) is 0 Å². The van der Waals surface area contributed by atoms with Crippen molar-refractivity contribution >= 4 is 22.5 Å². The van der Waals surface area contributed by atoms with Gasteiger partial charge in [0.15, 0.2) is 0 Å². The van der Waals surface area contributed by atoms with Gasteiger partial charge in [-0.3, -0.25) is 14.8 Å². The van der Waals surface area contributed by atoms with E-state index in [0.717, 1.165) is 36.1 Å². The number of aliphatic hydroxyl groups is 1. The molecular formula is C26H33N5O3. The number of benzene rings is 1. The maximum absolute atomic E-state index is 13.1. The topological polar surface area (TPSA) is 82.0 Å². The number of pyridine rings is 2. The Balaban J connectivity index is 1.44. The molecule has 1 aromatic carbocycles. The Morgan fingerprint density at radius 3 is 2.88 bits per heavy atom. The third kappa shape index (κ3) is 5.63. The molecule has 1 aliphatic heterocycles. The third-order valence-corrected chi connectivity index (χ3v) is 6.18. The van der Waals surface area contributed by atoms with Crippen LogP contribution < -0.4 is 9.64 Å². The Morgan fingerprint density at radius 1 is 1.21 bits per heavy atom. The number of fused-ring (bicyclic) bond motifs is 1. The van der Waals surface area contributed by atoms with E-state index in [1.165, 1.54) is 0 Å². The van der Waals surface area contributed by atoms with Crippen molar-refractivity contribution in [2.45, 2.75) is 18.4 Å². The van der Waals surface area contributed by atoms with Crippen LogP contribution in [0.4, 0.5) is 5.69 Å². The van der Waals surface area contributed by atoms with Gasteiger partial charge in [-0.2, -0.15) is 0 Å². The van der Waals surface area contributed by atoms with Gasteiger partial charge in [0.1, 0.15) is 12.4 Å². The highest BCUT2D eigenvalue weighted by Gasteiger charge is 2.36. The molecule has 1 aliphatic rings. The number of nitrogens with zero attached hydrogens (tertiary/aromatic N) is 5. The van der Waals surface area contributed by atoms with Crippen molar-refractivity contribution < 1.29 is 14.6 Å². The summed E-state index contributed by atoms with van der Waals surface area (Å²) >= 11 is 0. The molecule has 1 saturated heterocycles. The summed E-state index contributed by atoms with van der Waals surface area (Å²) in [6.07, 6.45) is 6.80. The van der Waals surface area contributed by atoms with Crippen LogP contribution in [0.5, 0.6) is 5.75 Å². The third-order valence-electron chi connectivity index (χ3n) is 6.18. The first-order valence-corrected chi connectivity index (χ1v) is 11.6. The Bertz CT molecular complexity index is 1130. The molecule has 0 bridgehead atoms. The van der Waals surface area contributed by atoms with Crippen molar-refractivity contribution in [3.05, 3.63) is 60.6 Å². The number of carbonyl (C=O) groups excluding carboxylic acids is 1. The van der Waals surface area contributed by atoms with Crippen LogP contribution in [0, 0.1) is 0 Å². The monoisotopic (exact) mass is 463 g/mol. The Kier molecular flexibility index (Phi) is 7.29. The van der Waals surface area contributed by atoms with E-state index >= 15 is 0 Å². The second-order valence-electron chi connectivity index (χ2n) is 9.31. The lowest BCUT2D eigenvalue weighted by molar-refractivity contribution is 0.0000626. The van der Waals surface area contributed by atoms with E-state index in [4.69, 9.17) is 4.74 Å². The normalized spacial score (nSPS) is 18.3. The highest BCUT2D eigenvalue weighted by molar-refractivity contribution is 5.94. The van der Waals surface area contributed by atoms with Gasteiger partial charge in [-0.15, -0.1) is 0 Å². The van der Waals surface area contributed by atoms with Crippen molar-refractivity contribution in [2.24, 2.45) is 0 Å². The zero-order valence-corrected chi connectivity index (χ0v) is 20.1. The van der Waals surface area contributed by atoms with Crippen LogP contribution in [-0.2, 0) is 0 Å². The molecular weight excluding hydrogens is 430 g/mol. The Labute approximate surface area is 200 Å². The number of hydrogen-bond donors (Lipinski definition) is 1. The summed E-state index contributed by atoms with van der Waals surface area (Å²) in [5.74, 6) is 0.531. The lowest BCUT2D eigenvalue weighted by Crippen LogP contribution is -2.54. The fourth-order valence-electron chi connectivity index (χ4n) is 4.50. The molecule has 0 saturated carbocycles. The SMILES string of the molecule is CN(C)CCOc1cccc(C(=O)N(C)C[C@]2(O)CCCN(c3ccnc4ccncc34)C2)c1. The van der Waals surface area contributed by atoms with Crippen molar-refractivity contribution in [3.63, 3.8) is 0 Å². The minimum Gasteiger partial charge on any atom is -0.492 e. The molecule has 1 atom stereocenters. The molecule has 3 aromatic rings. The van der Waals surface area contributed by atoms with Gasteiger partial charge in [-0.1, -0.05) is 6.07 Å². The summed E-state index contributed by atoms with van der Waals surface area (Å²) in [6.45, 7) is 2.86. The van der Waals surface area contributed by atoms with E-state index in [0.29, 0.717) is 30.9 Å². The molecule has 4 rings (SSSR count). The van der Waals surface area contributed by atoms with Gasteiger partial charge >= 0.3 is 0 Å². The molecule has 0 aliphatic carbocycles. The summed E-state index contributed by atoms with van der Waals surface area (Å²) in [7, 11) is 5.72. The number of rotatable bonds is 8. The van der Waals surface area contributed by atoms with Crippen molar-refractivity contribution in [2.75, 3.05) is 58.8 Å². The van der Waals surface area contributed by atoms with Crippen LogP contribution in [0.15, 0.2) is 55.0 Å². The molecule has 8 heteroatoms. The lowest BCUT2D eigenvalue weighted by Gasteiger charge is -2.42. The number of aromatic nitrogens is 2. The van der Waals surface area contributed by atoms with Gasteiger partial charge in [0.05, 0.1) is 17.7 Å². The smallest absolute Gasteiger partial charge is 0.253 e. The average molecular weight is 464 g/mol. The lowest BCUT2D eigenvalue weighted by atomic mass is 9.91. The highest BCUT2D eigenvalue weighted by atomic mass is 16.5. The van der Waals surface area contributed by atoms with Crippen molar-refractivity contribution in [1.82, 2.24) is 19.8 Å². The number of β-amino-alcohol motifs (C(OH)–C–C–N with tert-alkyl or cyclic N) is 1. The Morgan fingerprint density at radius 2 is 2.06 bits per heavy atom. The van der Waals surface area contributed by atoms with Crippen LogP contribution in [0.3, 0.4) is 0 Å². The average Bonchev–Trinajstić information content (AvgIpc) is 2.83. The fraction of sp³-hybridized carbons (Fsp3) is 0.423. The molecule has 0 radical (unpaired) electrons. The zero-order chi connectivity index (χ0) is 24.1. The first kappa shape index (κ1) is 23.9. The molecule has 180 valence electrons. The maximum Gasteiger partial charge on any atom is 0.253 e. The van der Waals surface area contributed by atoms with Gasteiger partial charge in [0.2, 0.25) is 0 Å². The standard InChI is InChI=1S/C26H33N5O3/c1-29(2)14-15-34-21-7-4-6-20(16-21)25(32)30(3)18-26(33)10-5-13-31(19-26)24-9-12-28-23-8-11-27-17-22(23)24/h4,6-9,11-12,16-17,33H,5,10,13-15,18-19H2,1-3H3/t26-/m1/s1. The predicted molar refractivity (Wildman–Crippen MR) is 133 cm³/mol. The van der Waals surface area contributed by atoms with Crippen LogP contribution >= 0.6 is 0 Å². The molecule has 0 unspecified atom stereocenters. The van der Waals surface area contributed by atoms with Gasteiger partial charge in [-0.25, -0.2) is 0 Å². The number of anilines is 1. The van der Waals surface area contributed by atoms with E-state index in [1.807, 2.05) is 49.5 Å². The molecule has 8 nitrogen and oxygen atoms in total. The van der Waals surface area contributed by atoms with E-state index in [2.05, 4.69) is 14.9 Å². The van der Waals surface area contributed by atoms with Gasteiger partial charge in [0, 0.05) is 61.9 Å². The predicted octanol–water partition coefficient (Wildman–Crippen LogP) is 2.67. The van der Waals surface area contributed by atoms with Crippen LogP contribution in [-0.4, -0.2) is 90.3 Å². The number of piperidine rings is 1. The molecule has 3 heterocycles. The van der Waals surface area contributed by atoms with E-state index in [9.17, 15) is 9.90 Å². The summed E-state index contributed by atoms with van der Waals surface area (Å²) in [4.78, 5) is 27.6. The van der Waals surface area contributed by atoms with Crippen LogP contribution in [0.25, 0.3) is 10.9 Å². The number of likely N-dealkylation sites (N-methyl/N-ethyl adjacent to an activating group) is 2. The summed E-state index contributed by atoms with van der Waals surface area (Å²) < 4.78 is 5.78. The highest BCUT2D eigenvalue weighted by Crippen LogP contribution is 2.31. The Hall–Kier alpha value is -3.23. The molecule has 1 fully saturated rings. The number of hydrogen-bond acceptors (Lipinski definition) is 7. The first-order valence-electron chi connectivity index (χ1n) is 11.6. The molecule has 34 heavy (non-hydrogen) atoms. The number of ether oxygens (including phenoxy) is 1. The van der Waals surface area contributed by atoms with E-state index < -0.39 is 5.60 Å². The van der Waals surface area contributed by atoms with Crippen molar-refractivity contribution in [3.8, 4) is 5.75 Å². The van der Waals surface area contributed by atoms with Crippen LogP contribution in [0.1, 0.15) is 23.2 Å². The minimum atomic E-state index is -1.01. The quantitative estimate of drug-likeness (QED) is 0.550. The van der Waals surface area contributed by atoms with E-state index in [1.54, 1.807) is 36.5 Å². The fourth-order valence-corrected chi connectivity index (χ4v) is 4.50. The first-order chi connectivity index (χ1) is 16.3. The second-order valence-corrected chi connectivity index (χ2v) is 9.31. The molecule has 0 spiro atoms. The second kappa shape index (κ2) is 10.4. The zero-order valence-electron chi connectivity index (χ0n) is 20.1. The maximum atomic E-state index is 13.1. The van der Waals surface area contributed by atoms with Crippen molar-refractivity contribution in [1.29, 1.82) is 0 Å².